The third kappa shape index (κ3) is 13.7. The van der Waals surface area contributed by atoms with Crippen LogP contribution in [0.1, 0.15) is 30.5 Å². The van der Waals surface area contributed by atoms with Gasteiger partial charge in [-0.25, -0.2) is 4.79 Å². The Bertz CT molecular complexity index is 1300. The van der Waals surface area contributed by atoms with Crippen LogP contribution in [0.5, 0.6) is 0 Å². The van der Waals surface area contributed by atoms with Crippen LogP contribution < -0.4 is 16.4 Å². The van der Waals surface area contributed by atoms with E-state index in [1.165, 1.54) is 13.8 Å². The highest BCUT2D eigenvalue weighted by Gasteiger charge is 2.06. The SMILES string of the molecule is CC(=O)OCC(=Cc1ccc(NC(=O)OCc2ccc(N)cc2)cc1)COC(C)=O.CNc1ccc(COC=O)cc1. The molecule has 0 aliphatic heterocycles. The lowest BCUT2D eigenvalue weighted by Crippen LogP contribution is -2.13. The summed E-state index contributed by atoms with van der Waals surface area (Å²) in [4.78, 5) is 43.9. The maximum atomic E-state index is 11.9. The molecule has 0 aliphatic carbocycles. The first-order valence-electron chi connectivity index (χ1n) is 12.8. The van der Waals surface area contributed by atoms with Gasteiger partial charge in [-0.3, -0.25) is 19.7 Å². The lowest BCUT2D eigenvalue weighted by Gasteiger charge is -2.09. The Labute approximate surface area is 244 Å². The molecule has 3 aromatic rings. The van der Waals surface area contributed by atoms with Gasteiger partial charge in [0.15, 0.2) is 0 Å². The molecule has 0 aliphatic rings. The van der Waals surface area contributed by atoms with Crippen LogP contribution in [-0.4, -0.2) is 44.8 Å². The smallest absolute Gasteiger partial charge is 0.411 e. The largest absolute Gasteiger partial charge is 0.463 e. The van der Waals surface area contributed by atoms with Gasteiger partial charge >= 0.3 is 18.0 Å². The van der Waals surface area contributed by atoms with Crippen LogP contribution >= 0.6 is 0 Å². The van der Waals surface area contributed by atoms with Crippen molar-refractivity contribution in [1.29, 1.82) is 0 Å². The molecular weight excluding hydrogens is 542 g/mol. The van der Waals surface area contributed by atoms with Gasteiger partial charge in [0, 0.05) is 43.5 Å². The Balaban J connectivity index is 0.000000428. The third-order valence-electron chi connectivity index (χ3n) is 5.36. The molecule has 0 bridgehead atoms. The molecule has 0 spiro atoms. The van der Waals surface area contributed by atoms with Gasteiger partial charge in [0.05, 0.1) is 0 Å². The minimum Gasteiger partial charge on any atom is -0.463 e. The van der Waals surface area contributed by atoms with E-state index in [2.05, 4.69) is 15.4 Å². The average molecular weight is 578 g/mol. The van der Waals surface area contributed by atoms with Gasteiger partial charge in [0.25, 0.3) is 6.47 Å². The fourth-order valence-corrected chi connectivity index (χ4v) is 3.23. The second kappa shape index (κ2) is 18.1. The number of hydrogen-bond donors (Lipinski definition) is 3. The number of carbonyl (C=O) groups is 4. The van der Waals surface area contributed by atoms with Crippen LogP contribution in [0.4, 0.5) is 21.9 Å². The molecule has 0 heterocycles. The molecule has 4 N–H and O–H groups in total. The molecule has 1 amide bonds. The van der Waals surface area contributed by atoms with E-state index in [1.807, 2.05) is 31.3 Å². The minimum atomic E-state index is -0.583. The molecule has 0 radical (unpaired) electrons. The summed E-state index contributed by atoms with van der Waals surface area (Å²) in [5, 5.41) is 5.64. The number of benzene rings is 3. The zero-order chi connectivity index (χ0) is 30.7. The fourth-order valence-electron chi connectivity index (χ4n) is 3.23. The summed E-state index contributed by atoms with van der Waals surface area (Å²) in [5.74, 6) is -0.860. The molecule has 11 heteroatoms. The molecule has 11 nitrogen and oxygen atoms in total. The quantitative estimate of drug-likeness (QED) is 0.117. The van der Waals surface area contributed by atoms with E-state index in [4.69, 9.17) is 19.9 Å². The van der Waals surface area contributed by atoms with Crippen molar-refractivity contribution in [3.8, 4) is 0 Å². The van der Waals surface area contributed by atoms with Crippen molar-refractivity contribution in [2.24, 2.45) is 0 Å². The van der Waals surface area contributed by atoms with Crippen LogP contribution in [0.15, 0.2) is 78.4 Å². The minimum absolute atomic E-state index is 0.0140. The first-order chi connectivity index (χ1) is 20.2. The highest BCUT2D eigenvalue weighted by molar-refractivity contribution is 5.84. The lowest BCUT2D eigenvalue weighted by atomic mass is 10.1. The van der Waals surface area contributed by atoms with E-state index in [1.54, 1.807) is 54.6 Å². The zero-order valence-electron chi connectivity index (χ0n) is 23.8. The first kappa shape index (κ1) is 32.9. The number of nitrogens with two attached hydrogens (primary N) is 1. The molecule has 0 saturated heterocycles. The summed E-state index contributed by atoms with van der Waals surface area (Å²) in [5.41, 5.74) is 11.1. The summed E-state index contributed by atoms with van der Waals surface area (Å²) < 4.78 is 19.7. The Kier molecular flexibility index (Phi) is 14.2. The number of ether oxygens (including phenoxy) is 4. The van der Waals surface area contributed by atoms with E-state index < -0.39 is 18.0 Å². The van der Waals surface area contributed by atoms with Crippen molar-refractivity contribution in [2.45, 2.75) is 27.1 Å². The van der Waals surface area contributed by atoms with Gasteiger partial charge in [-0.2, -0.15) is 0 Å². The van der Waals surface area contributed by atoms with E-state index in [-0.39, 0.29) is 19.8 Å². The summed E-state index contributed by atoms with van der Waals surface area (Å²) in [6.45, 7) is 3.55. The van der Waals surface area contributed by atoms with Crippen LogP contribution in [0.25, 0.3) is 6.08 Å². The number of anilines is 3. The molecule has 0 unspecified atom stereocenters. The van der Waals surface area contributed by atoms with Crippen LogP contribution in [0.3, 0.4) is 0 Å². The maximum absolute atomic E-state index is 11.9. The van der Waals surface area contributed by atoms with Crippen molar-refractivity contribution in [3.05, 3.63) is 95.1 Å². The second-order valence-electron chi connectivity index (χ2n) is 8.78. The molecule has 0 saturated carbocycles. The van der Waals surface area contributed by atoms with Gasteiger partial charge in [0.2, 0.25) is 0 Å². The van der Waals surface area contributed by atoms with Crippen molar-refractivity contribution < 1.29 is 38.1 Å². The number of esters is 2. The average Bonchev–Trinajstić information content (AvgIpc) is 2.98. The summed E-state index contributed by atoms with van der Waals surface area (Å²) in [7, 11) is 1.86. The number of rotatable bonds is 12. The van der Waals surface area contributed by atoms with Gasteiger partial charge in [-0.05, 0) is 59.2 Å². The predicted octanol–water partition coefficient (Wildman–Crippen LogP) is 4.93. The monoisotopic (exact) mass is 577 g/mol. The highest BCUT2D eigenvalue weighted by atomic mass is 16.6. The van der Waals surface area contributed by atoms with Crippen LogP contribution in [0.2, 0.25) is 0 Å². The summed E-state index contributed by atoms with van der Waals surface area (Å²) in [6.07, 6.45) is 1.16. The molecule has 0 aromatic heterocycles. The van der Waals surface area contributed by atoms with E-state index in [0.29, 0.717) is 30.0 Å². The first-order valence-corrected chi connectivity index (χ1v) is 12.8. The highest BCUT2D eigenvalue weighted by Crippen LogP contribution is 2.15. The topological polar surface area (TPSA) is 155 Å². The molecule has 222 valence electrons. The molecular formula is C31H35N3O8. The van der Waals surface area contributed by atoms with E-state index >= 15 is 0 Å². The number of amides is 1. The Morgan fingerprint density at radius 1 is 0.738 bits per heavy atom. The van der Waals surface area contributed by atoms with Crippen molar-refractivity contribution in [1.82, 2.24) is 0 Å². The van der Waals surface area contributed by atoms with Crippen LogP contribution in [-0.2, 0) is 46.5 Å². The standard InChI is InChI=1S/C22H24N2O6.C9H11NO2/c1-15(25)28-13-19(14-29-16(2)26)11-17-5-9-21(10-6-17)24-22(27)30-12-18-3-7-20(23)8-4-18;1-10-9-4-2-8(3-5-9)6-12-7-11/h3-11H,12-14,23H2,1-2H3,(H,24,27);2-5,7,10H,6H2,1H3. The normalized spacial score (nSPS) is 9.69. The number of carbonyl (C=O) groups excluding carboxylic acids is 4. The maximum Gasteiger partial charge on any atom is 0.411 e. The van der Waals surface area contributed by atoms with Crippen molar-refractivity contribution >= 4 is 47.6 Å². The van der Waals surface area contributed by atoms with Crippen LogP contribution in [0, 0.1) is 0 Å². The second-order valence-corrected chi connectivity index (χ2v) is 8.78. The molecule has 42 heavy (non-hydrogen) atoms. The van der Waals surface area contributed by atoms with E-state index in [9.17, 15) is 19.2 Å². The molecule has 3 aromatic carbocycles. The Morgan fingerprint density at radius 2 is 1.26 bits per heavy atom. The van der Waals surface area contributed by atoms with Gasteiger partial charge in [-0.1, -0.05) is 36.4 Å². The van der Waals surface area contributed by atoms with Crippen molar-refractivity contribution in [2.75, 3.05) is 36.6 Å². The van der Waals surface area contributed by atoms with Gasteiger partial charge in [0.1, 0.15) is 26.4 Å². The summed E-state index contributed by atoms with van der Waals surface area (Å²) >= 11 is 0. The fraction of sp³-hybridized carbons (Fsp3) is 0.226. The van der Waals surface area contributed by atoms with Gasteiger partial charge < -0.3 is 30.0 Å². The number of hydrogen-bond acceptors (Lipinski definition) is 10. The number of nitrogen functional groups attached to an aromatic ring is 1. The van der Waals surface area contributed by atoms with Crippen molar-refractivity contribution in [3.63, 3.8) is 0 Å². The molecule has 3 rings (SSSR count). The Morgan fingerprint density at radius 3 is 1.79 bits per heavy atom. The molecule has 0 atom stereocenters. The van der Waals surface area contributed by atoms with E-state index in [0.717, 1.165) is 22.4 Å². The molecule has 0 fully saturated rings. The Hall–Kier alpha value is -5.32. The van der Waals surface area contributed by atoms with Gasteiger partial charge in [-0.15, -0.1) is 0 Å². The zero-order valence-corrected chi connectivity index (χ0v) is 23.8. The predicted molar refractivity (Wildman–Crippen MR) is 159 cm³/mol. The number of nitrogens with one attached hydrogen (secondary N) is 2. The lowest BCUT2D eigenvalue weighted by molar-refractivity contribution is -0.141. The third-order valence-corrected chi connectivity index (χ3v) is 5.36. The summed E-state index contributed by atoms with van der Waals surface area (Å²) in [6, 6.07) is 21.7.